The van der Waals surface area contributed by atoms with Gasteiger partial charge in [-0.05, 0) is 12.8 Å². The molecule has 1 aliphatic rings. The van der Waals surface area contributed by atoms with Gasteiger partial charge in [-0.2, -0.15) is 35.1 Å². The molecule has 0 aromatic heterocycles. The molecule has 102 valence electrons. The van der Waals surface area contributed by atoms with Gasteiger partial charge in [0, 0.05) is 0 Å². The van der Waals surface area contributed by atoms with Crippen LogP contribution in [0.2, 0.25) is 0 Å². The van der Waals surface area contributed by atoms with Crippen molar-refractivity contribution in [2.24, 2.45) is 5.41 Å². The van der Waals surface area contributed by atoms with Gasteiger partial charge < -0.3 is 0 Å². The standard InChI is InChI=1S/C9H10F8/c10-7(11,9(15,16)17)6(8(12,13)14)4-2-1-3-5-6/h1-5H2. The molecule has 0 spiro atoms. The number of hydrogen-bond donors (Lipinski definition) is 0. The summed E-state index contributed by atoms with van der Waals surface area (Å²) in [5.74, 6) is -5.74. The molecule has 0 aliphatic heterocycles. The molecule has 8 heteroatoms. The Morgan fingerprint density at radius 3 is 1.35 bits per heavy atom. The molecular formula is C9H10F8. The fourth-order valence-electron chi connectivity index (χ4n) is 2.20. The first-order valence-corrected chi connectivity index (χ1v) is 4.97. The Labute approximate surface area is 92.0 Å². The van der Waals surface area contributed by atoms with Crippen molar-refractivity contribution in [3.63, 3.8) is 0 Å². The summed E-state index contributed by atoms with van der Waals surface area (Å²) in [6.07, 6.45) is -14.4. The lowest BCUT2D eigenvalue weighted by Crippen LogP contribution is -2.59. The van der Waals surface area contributed by atoms with E-state index in [1.165, 1.54) is 0 Å². The maximum atomic E-state index is 13.1. The van der Waals surface area contributed by atoms with E-state index in [-0.39, 0.29) is 19.3 Å². The summed E-state index contributed by atoms with van der Waals surface area (Å²) >= 11 is 0. The van der Waals surface area contributed by atoms with Crippen LogP contribution >= 0.6 is 0 Å². The topological polar surface area (TPSA) is 0 Å². The highest BCUT2D eigenvalue weighted by Crippen LogP contribution is 2.62. The van der Waals surface area contributed by atoms with Crippen molar-refractivity contribution in [3.05, 3.63) is 0 Å². The maximum Gasteiger partial charge on any atom is 0.454 e. The van der Waals surface area contributed by atoms with Gasteiger partial charge in [-0.15, -0.1) is 0 Å². The molecule has 0 aromatic rings. The Balaban J connectivity index is 3.24. The molecule has 0 N–H and O–H groups in total. The van der Waals surface area contributed by atoms with E-state index in [2.05, 4.69) is 0 Å². The molecule has 0 radical (unpaired) electrons. The summed E-state index contributed by atoms with van der Waals surface area (Å²) in [4.78, 5) is 0. The summed E-state index contributed by atoms with van der Waals surface area (Å²) in [5, 5.41) is 0. The number of alkyl halides is 8. The highest BCUT2D eigenvalue weighted by atomic mass is 19.4. The lowest BCUT2D eigenvalue weighted by atomic mass is 9.68. The van der Waals surface area contributed by atoms with Gasteiger partial charge in [0.25, 0.3) is 0 Å². The Morgan fingerprint density at radius 1 is 0.647 bits per heavy atom. The van der Waals surface area contributed by atoms with E-state index in [1.54, 1.807) is 0 Å². The minimum atomic E-state index is -6.18. The van der Waals surface area contributed by atoms with Crippen molar-refractivity contribution in [2.45, 2.75) is 50.4 Å². The molecule has 0 saturated heterocycles. The highest BCUT2D eigenvalue weighted by molar-refractivity contribution is 5.03. The second kappa shape index (κ2) is 3.98. The van der Waals surface area contributed by atoms with Gasteiger partial charge in [0.1, 0.15) is 5.41 Å². The monoisotopic (exact) mass is 270 g/mol. The summed E-state index contributed by atoms with van der Waals surface area (Å²) < 4.78 is 101. The van der Waals surface area contributed by atoms with Crippen molar-refractivity contribution in [3.8, 4) is 0 Å². The van der Waals surface area contributed by atoms with Gasteiger partial charge in [0.05, 0.1) is 0 Å². The van der Waals surface area contributed by atoms with Crippen LogP contribution in [0.5, 0.6) is 0 Å². The molecule has 0 bridgehead atoms. The predicted octanol–water partition coefficient (Wildman–Crippen LogP) is 4.70. The van der Waals surface area contributed by atoms with Crippen LogP contribution in [0, 0.1) is 5.41 Å². The second-order valence-electron chi connectivity index (χ2n) is 4.21. The third kappa shape index (κ3) is 2.10. The van der Waals surface area contributed by atoms with E-state index in [4.69, 9.17) is 0 Å². The molecule has 0 aromatic carbocycles. The van der Waals surface area contributed by atoms with Crippen LogP contribution in [-0.4, -0.2) is 18.3 Å². The molecule has 0 nitrogen and oxygen atoms in total. The first-order chi connectivity index (χ1) is 7.46. The van der Waals surface area contributed by atoms with Gasteiger partial charge in [0.2, 0.25) is 0 Å². The lowest BCUT2D eigenvalue weighted by Gasteiger charge is -2.44. The quantitative estimate of drug-likeness (QED) is 0.606. The highest BCUT2D eigenvalue weighted by Gasteiger charge is 2.78. The summed E-state index contributed by atoms with van der Waals surface area (Å²) in [7, 11) is 0. The second-order valence-corrected chi connectivity index (χ2v) is 4.21. The van der Waals surface area contributed by atoms with Gasteiger partial charge in [-0.25, -0.2) is 0 Å². The molecule has 0 heterocycles. The first kappa shape index (κ1) is 14.5. The van der Waals surface area contributed by atoms with Gasteiger partial charge in [-0.1, -0.05) is 19.3 Å². The van der Waals surface area contributed by atoms with Crippen LogP contribution in [0.1, 0.15) is 32.1 Å². The zero-order chi connectivity index (χ0) is 13.5. The van der Waals surface area contributed by atoms with E-state index in [0.29, 0.717) is 0 Å². The molecule has 0 unspecified atom stereocenters. The van der Waals surface area contributed by atoms with Crippen molar-refractivity contribution in [2.75, 3.05) is 0 Å². The van der Waals surface area contributed by atoms with Crippen molar-refractivity contribution < 1.29 is 35.1 Å². The SMILES string of the molecule is FC(F)(F)C(F)(F)C1(C(F)(F)F)CCCCC1. The lowest BCUT2D eigenvalue weighted by molar-refractivity contribution is -0.390. The zero-order valence-electron chi connectivity index (χ0n) is 8.56. The Hall–Kier alpha value is -0.560. The van der Waals surface area contributed by atoms with E-state index in [1.807, 2.05) is 0 Å². The number of hydrogen-bond acceptors (Lipinski definition) is 0. The molecule has 0 atom stereocenters. The van der Waals surface area contributed by atoms with Crippen molar-refractivity contribution in [1.82, 2.24) is 0 Å². The van der Waals surface area contributed by atoms with Crippen LogP contribution in [0.25, 0.3) is 0 Å². The molecule has 1 rings (SSSR count). The molecule has 1 aliphatic carbocycles. The zero-order valence-corrected chi connectivity index (χ0v) is 8.56. The van der Waals surface area contributed by atoms with Crippen LogP contribution < -0.4 is 0 Å². The maximum absolute atomic E-state index is 13.1. The summed E-state index contributed by atoms with van der Waals surface area (Å²) in [5.41, 5.74) is -3.96. The smallest absolute Gasteiger partial charge is 0.195 e. The van der Waals surface area contributed by atoms with Crippen LogP contribution in [0.3, 0.4) is 0 Å². The van der Waals surface area contributed by atoms with E-state index >= 15 is 0 Å². The van der Waals surface area contributed by atoms with E-state index < -0.39 is 36.5 Å². The van der Waals surface area contributed by atoms with Gasteiger partial charge >= 0.3 is 18.3 Å². The molecular weight excluding hydrogens is 260 g/mol. The van der Waals surface area contributed by atoms with E-state index in [9.17, 15) is 35.1 Å². The van der Waals surface area contributed by atoms with Crippen molar-refractivity contribution in [1.29, 1.82) is 0 Å². The number of halogens is 8. The molecule has 1 fully saturated rings. The normalized spacial score (nSPS) is 22.6. The predicted molar refractivity (Wildman–Crippen MR) is 42.6 cm³/mol. The van der Waals surface area contributed by atoms with E-state index in [0.717, 1.165) is 0 Å². The largest absolute Gasteiger partial charge is 0.454 e. The average molecular weight is 270 g/mol. The fraction of sp³-hybridized carbons (Fsp3) is 1.00. The Morgan fingerprint density at radius 2 is 1.06 bits per heavy atom. The third-order valence-electron chi connectivity index (χ3n) is 3.21. The van der Waals surface area contributed by atoms with Gasteiger partial charge in [-0.3, -0.25) is 0 Å². The Kier molecular flexibility index (Phi) is 3.40. The summed E-state index contributed by atoms with van der Waals surface area (Å²) in [6, 6.07) is 0. The molecule has 1 saturated carbocycles. The van der Waals surface area contributed by atoms with Crippen LogP contribution in [0.4, 0.5) is 35.1 Å². The van der Waals surface area contributed by atoms with Crippen molar-refractivity contribution >= 4 is 0 Å². The minimum absolute atomic E-state index is 0.242. The Bertz CT molecular complexity index is 268. The fourth-order valence-corrected chi connectivity index (χ4v) is 2.20. The minimum Gasteiger partial charge on any atom is -0.195 e. The average Bonchev–Trinajstić information content (AvgIpc) is 2.15. The molecule has 17 heavy (non-hydrogen) atoms. The number of rotatable bonds is 1. The van der Waals surface area contributed by atoms with Crippen LogP contribution in [0.15, 0.2) is 0 Å². The third-order valence-corrected chi connectivity index (χ3v) is 3.21. The van der Waals surface area contributed by atoms with Gasteiger partial charge in [0.15, 0.2) is 0 Å². The van der Waals surface area contributed by atoms with Crippen LogP contribution in [-0.2, 0) is 0 Å². The first-order valence-electron chi connectivity index (χ1n) is 4.97. The molecule has 0 amide bonds. The summed E-state index contributed by atoms with van der Waals surface area (Å²) in [6.45, 7) is 0.